The summed E-state index contributed by atoms with van der Waals surface area (Å²) in [5, 5.41) is 3.64. The molecule has 5 heteroatoms. The lowest BCUT2D eigenvalue weighted by molar-refractivity contribution is 0.102. The van der Waals surface area contributed by atoms with Gasteiger partial charge in [-0.25, -0.2) is 4.98 Å². The van der Waals surface area contributed by atoms with E-state index in [1.165, 1.54) is 4.88 Å². The van der Waals surface area contributed by atoms with Crippen molar-refractivity contribution in [1.82, 2.24) is 4.98 Å². The van der Waals surface area contributed by atoms with Gasteiger partial charge in [0.1, 0.15) is 0 Å². The van der Waals surface area contributed by atoms with E-state index in [4.69, 9.17) is 4.98 Å². The standard InChI is InChI=1S/C21H21BrN2OS/c1-5-17-19(15-6-8-16(22)9-7-15)23-21(26-17)24-20(25)18-13(3)10-12(2)11-14(18)4/h6-11H,5H2,1-4H3,(H,23,24,25). The highest BCUT2D eigenvalue weighted by molar-refractivity contribution is 9.10. The fraction of sp³-hybridized carbons (Fsp3) is 0.238. The summed E-state index contributed by atoms with van der Waals surface area (Å²) >= 11 is 5.00. The van der Waals surface area contributed by atoms with Gasteiger partial charge in [0.2, 0.25) is 0 Å². The van der Waals surface area contributed by atoms with E-state index in [1.54, 1.807) is 11.3 Å². The van der Waals surface area contributed by atoms with Crippen molar-refractivity contribution in [2.75, 3.05) is 5.32 Å². The Morgan fingerprint density at radius 1 is 1.12 bits per heavy atom. The van der Waals surface area contributed by atoms with Crippen LogP contribution in [0.3, 0.4) is 0 Å². The van der Waals surface area contributed by atoms with Gasteiger partial charge in [0.15, 0.2) is 5.13 Å². The van der Waals surface area contributed by atoms with Crippen LogP contribution in [0.2, 0.25) is 0 Å². The molecule has 1 N–H and O–H groups in total. The zero-order chi connectivity index (χ0) is 18.8. The Morgan fingerprint density at radius 3 is 2.31 bits per heavy atom. The topological polar surface area (TPSA) is 42.0 Å². The smallest absolute Gasteiger partial charge is 0.257 e. The molecule has 0 atom stereocenters. The van der Waals surface area contributed by atoms with E-state index in [1.807, 2.05) is 57.2 Å². The van der Waals surface area contributed by atoms with Crippen molar-refractivity contribution in [3.8, 4) is 11.3 Å². The van der Waals surface area contributed by atoms with E-state index < -0.39 is 0 Å². The predicted molar refractivity (Wildman–Crippen MR) is 113 cm³/mol. The van der Waals surface area contributed by atoms with Crippen molar-refractivity contribution in [2.24, 2.45) is 0 Å². The second-order valence-corrected chi connectivity index (χ2v) is 8.38. The normalized spacial score (nSPS) is 10.8. The van der Waals surface area contributed by atoms with Crippen LogP contribution in [0.1, 0.15) is 38.8 Å². The van der Waals surface area contributed by atoms with E-state index in [9.17, 15) is 4.79 Å². The van der Waals surface area contributed by atoms with Crippen LogP contribution < -0.4 is 5.32 Å². The van der Waals surface area contributed by atoms with Gasteiger partial charge in [0.05, 0.1) is 5.69 Å². The lowest BCUT2D eigenvalue weighted by atomic mass is 9.99. The number of nitrogens with zero attached hydrogens (tertiary/aromatic N) is 1. The van der Waals surface area contributed by atoms with Gasteiger partial charge in [-0.15, -0.1) is 11.3 Å². The maximum Gasteiger partial charge on any atom is 0.257 e. The molecule has 0 unspecified atom stereocenters. The maximum atomic E-state index is 12.8. The first kappa shape index (κ1) is 18.8. The average Bonchev–Trinajstić information content (AvgIpc) is 2.97. The van der Waals surface area contributed by atoms with Crippen molar-refractivity contribution < 1.29 is 4.79 Å². The first-order valence-corrected chi connectivity index (χ1v) is 10.1. The van der Waals surface area contributed by atoms with E-state index in [2.05, 4.69) is 28.2 Å². The summed E-state index contributed by atoms with van der Waals surface area (Å²) in [7, 11) is 0. The molecule has 2 aromatic carbocycles. The first-order valence-electron chi connectivity index (χ1n) is 8.54. The number of anilines is 1. The van der Waals surface area contributed by atoms with Crippen molar-refractivity contribution in [3.05, 3.63) is 68.0 Å². The highest BCUT2D eigenvalue weighted by Gasteiger charge is 2.17. The molecule has 0 aliphatic heterocycles. The molecule has 26 heavy (non-hydrogen) atoms. The molecular weight excluding hydrogens is 408 g/mol. The predicted octanol–water partition coefficient (Wildman–Crippen LogP) is 6.31. The fourth-order valence-electron chi connectivity index (χ4n) is 3.18. The molecule has 0 aliphatic carbocycles. The quantitative estimate of drug-likeness (QED) is 0.528. The van der Waals surface area contributed by atoms with Gasteiger partial charge in [0.25, 0.3) is 5.91 Å². The summed E-state index contributed by atoms with van der Waals surface area (Å²) in [5.41, 5.74) is 5.87. The molecule has 0 saturated carbocycles. The number of benzene rings is 2. The van der Waals surface area contributed by atoms with Crippen molar-refractivity contribution in [3.63, 3.8) is 0 Å². The van der Waals surface area contributed by atoms with Gasteiger partial charge in [0, 0.05) is 20.5 Å². The summed E-state index contributed by atoms with van der Waals surface area (Å²) < 4.78 is 1.04. The summed E-state index contributed by atoms with van der Waals surface area (Å²) in [6.45, 7) is 8.10. The Bertz CT molecular complexity index is 938. The van der Waals surface area contributed by atoms with Crippen LogP contribution in [0.5, 0.6) is 0 Å². The maximum absolute atomic E-state index is 12.8. The number of hydrogen-bond acceptors (Lipinski definition) is 3. The highest BCUT2D eigenvalue weighted by Crippen LogP contribution is 2.32. The lowest BCUT2D eigenvalue weighted by Gasteiger charge is -2.10. The van der Waals surface area contributed by atoms with Gasteiger partial charge < -0.3 is 0 Å². The highest BCUT2D eigenvalue weighted by atomic mass is 79.9. The van der Waals surface area contributed by atoms with Crippen molar-refractivity contribution in [1.29, 1.82) is 0 Å². The van der Waals surface area contributed by atoms with Crippen LogP contribution >= 0.6 is 27.3 Å². The molecule has 0 bridgehead atoms. The Morgan fingerprint density at radius 2 is 1.73 bits per heavy atom. The number of hydrogen-bond donors (Lipinski definition) is 1. The monoisotopic (exact) mass is 428 g/mol. The van der Waals surface area contributed by atoms with Gasteiger partial charge >= 0.3 is 0 Å². The van der Waals surface area contributed by atoms with Gasteiger partial charge in [-0.1, -0.05) is 52.7 Å². The minimum absolute atomic E-state index is 0.0984. The molecule has 1 amide bonds. The number of thiazole rings is 1. The van der Waals surface area contributed by atoms with Crippen LogP contribution in [-0.4, -0.2) is 10.9 Å². The average molecular weight is 429 g/mol. The summed E-state index contributed by atoms with van der Waals surface area (Å²) in [6.07, 6.45) is 0.877. The Hall–Kier alpha value is -1.98. The molecule has 3 rings (SSSR count). The Labute approximate surface area is 166 Å². The Kier molecular flexibility index (Phi) is 5.58. The van der Waals surface area contributed by atoms with Crippen LogP contribution in [-0.2, 0) is 6.42 Å². The molecule has 3 nitrogen and oxygen atoms in total. The molecule has 1 aromatic heterocycles. The second-order valence-electron chi connectivity index (χ2n) is 6.38. The SMILES string of the molecule is CCc1sc(NC(=O)c2c(C)cc(C)cc2C)nc1-c1ccc(Br)cc1. The fourth-order valence-corrected chi connectivity index (χ4v) is 4.36. The number of rotatable bonds is 4. The first-order chi connectivity index (χ1) is 12.4. The van der Waals surface area contributed by atoms with Crippen molar-refractivity contribution in [2.45, 2.75) is 34.1 Å². The largest absolute Gasteiger partial charge is 0.298 e. The molecule has 134 valence electrons. The van der Waals surface area contributed by atoms with Gasteiger partial charge in [-0.3, -0.25) is 10.1 Å². The summed E-state index contributed by atoms with van der Waals surface area (Å²) in [5.74, 6) is -0.0984. The molecule has 0 radical (unpaired) electrons. The number of carbonyl (C=O) groups is 1. The molecule has 0 spiro atoms. The number of nitrogens with one attached hydrogen (secondary N) is 1. The van der Waals surface area contributed by atoms with Crippen LogP contribution in [0.15, 0.2) is 40.9 Å². The van der Waals surface area contributed by atoms with Gasteiger partial charge in [-0.2, -0.15) is 0 Å². The second kappa shape index (κ2) is 7.72. The minimum Gasteiger partial charge on any atom is -0.298 e. The summed E-state index contributed by atoms with van der Waals surface area (Å²) in [4.78, 5) is 18.7. The molecule has 3 aromatic rings. The van der Waals surface area contributed by atoms with E-state index in [0.29, 0.717) is 5.13 Å². The lowest BCUT2D eigenvalue weighted by Crippen LogP contribution is -2.15. The van der Waals surface area contributed by atoms with E-state index in [0.717, 1.165) is 44.4 Å². The zero-order valence-electron chi connectivity index (χ0n) is 15.3. The molecule has 0 aliphatic rings. The van der Waals surface area contributed by atoms with Crippen LogP contribution in [0.25, 0.3) is 11.3 Å². The third kappa shape index (κ3) is 3.89. The van der Waals surface area contributed by atoms with Crippen LogP contribution in [0, 0.1) is 20.8 Å². The third-order valence-electron chi connectivity index (χ3n) is 4.26. The number of carbonyl (C=O) groups excluding carboxylic acids is 1. The molecule has 0 fully saturated rings. The summed E-state index contributed by atoms with van der Waals surface area (Å²) in [6, 6.07) is 12.2. The van der Waals surface area contributed by atoms with E-state index >= 15 is 0 Å². The molecule has 0 saturated heterocycles. The Balaban J connectivity index is 1.91. The number of aryl methyl sites for hydroxylation is 4. The number of aromatic nitrogens is 1. The van der Waals surface area contributed by atoms with Gasteiger partial charge in [-0.05, 0) is 50.5 Å². The zero-order valence-corrected chi connectivity index (χ0v) is 17.7. The molecule has 1 heterocycles. The third-order valence-corrected chi connectivity index (χ3v) is 5.90. The van der Waals surface area contributed by atoms with Crippen molar-refractivity contribution >= 4 is 38.3 Å². The van der Waals surface area contributed by atoms with Crippen LogP contribution in [0.4, 0.5) is 5.13 Å². The minimum atomic E-state index is -0.0984. The number of halogens is 1. The number of amides is 1. The molecular formula is C21H21BrN2OS. The van der Waals surface area contributed by atoms with E-state index in [-0.39, 0.29) is 5.91 Å².